The van der Waals surface area contributed by atoms with Gasteiger partial charge < -0.3 is 10.1 Å². The smallest absolute Gasteiger partial charge is 0.269 e. The SMILES string of the molecule is CC(=O)c1ccc(NC(=O)c2ccc(Oc3ccc([N+](=O)[O-])cc3)cc2)cc1. The number of nitro groups is 1. The van der Waals surface area contributed by atoms with Gasteiger partial charge in [0.15, 0.2) is 5.78 Å². The van der Waals surface area contributed by atoms with Gasteiger partial charge in [0.1, 0.15) is 11.5 Å². The Morgan fingerprint density at radius 2 is 1.32 bits per heavy atom. The molecule has 140 valence electrons. The zero-order valence-electron chi connectivity index (χ0n) is 14.9. The van der Waals surface area contributed by atoms with Gasteiger partial charge in [0, 0.05) is 28.9 Å². The lowest BCUT2D eigenvalue weighted by Crippen LogP contribution is -2.11. The van der Waals surface area contributed by atoms with E-state index >= 15 is 0 Å². The summed E-state index contributed by atoms with van der Waals surface area (Å²) < 4.78 is 5.62. The van der Waals surface area contributed by atoms with Crippen LogP contribution in [0.2, 0.25) is 0 Å². The number of benzene rings is 3. The first-order chi connectivity index (χ1) is 13.4. The van der Waals surface area contributed by atoms with Crippen molar-refractivity contribution in [2.45, 2.75) is 6.92 Å². The van der Waals surface area contributed by atoms with Crippen LogP contribution in [0.15, 0.2) is 72.8 Å². The zero-order chi connectivity index (χ0) is 20.1. The summed E-state index contributed by atoms with van der Waals surface area (Å²) in [6.07, 6.45) is 0. The van der Waals surface area contributed by atoms with Crippen LogP contribution >= 0.6 is 0 Å². The van der Waals surface area contributed by atoms with Gasteiger partial charge in [-0.3, -0.25) is 19.7 Å². The number of amides is 1. The molecule has 1 amide bonds. The van der Waals surface area contributed by atoms with Gasteiger partial charge in [-0.25, -0.2) is 0 Å². The summed E-state index contributed by atoms with van der Waals surface area (Å²) in [5.74, 6) is 0.614. The minimum atomic E-state index is -0.481. The second-order valence-corrected chi connectivity index (χ2v) is 5.97. The maximum absolute atomic E-state index is 12.3. The third-order valence-electron chi connectivity index (χ3n) is 3.95. The Hall–Kier alpha value is -4.00. The molecule has 0 heterocycles. The van der Waals surface area contributed by atoms with E-state index in [-0.39, 0.29) is 17.4 Å². The molecule has 3 aromatic carbocycles. The fourth-order valence-corrected chi connectivity index (χ4v) is 2.44. The molecule has 0 aliphatic heterocycles. The number of hydrogen-bond acceptors (Lipinski definition) is 5. The van der Waals surface area contributed by atoms with E-state index in [9.17, 15) is 19.7 Å². The Labute approximate surface area is 160 Å². The summed E-state index contributed by atoms with van der Waals surface area (Å²) in [6, 6.07) is 18.8. The summed E-state index contributed by atoms with van der Waals surface area (Å²) in [5.41, 5.74) is 1.58. The van der Waals surface area contributed by atoms with Crippen molar-refractivity contribution in [1.29, 1.82) is 0 Å². The standard InChI is InChI=1S/C21H16N2O5/c1-14(24)15-2-6-17(7-3-15)22-21(25)16-4-10-19(11-5-16)28-20-12-8-18(9-13-20)23(26)27/h2-13H,1H3,(H,22,25). The van der Waals surface area contributed by atoms with Crippen LogP contribution < -0.4 is 10.1 Å². The average Bonchev–Trinajstić information content (AvgIpc) is 2.69. The number of carbonyl (C=O) groups is 2. The highest BCUT2D eigenvalue weighted by molar-refractivity contribution is 6.04. The molecule has 3 rings (SSSR count). The monoisotopic (exact) mass is 376 g/mol. The molecule has 0 fully saturated rings. The van der Waals surface area contributed by atoms with E-state index < -0.39 is 4.92 Å². The molecule has 0 aliphatic rings. The number of rotatable bonds is 6. The fourth-order valence-electron chi connectivity index (χ4n) is 2.44. The maximum atomic E-state index is 12.3. The Morgan fingerprint density at radius 3 is 1.82 bits per heavy atom. The Kier molecular flexibility index (Phi) is 5.45. The number of Topliss-reactive ketones (excluding diaryl/α,β-unsaturated/α-hetero) is 1. The summed E-state index contributed by atoms with van der Waals surface area (Å²) in [7, 11) is 0. The van der Waals surface area contributed by atoms with E-state index in [1.54, 1.807) is 48.5 Å². The van der Waals surface area contributed by atoms with Crippen molar-refractivity contribution in [3.63, 3.8) is 0 Å². The molecule has 0 aromatic heterocycles. The zero-order valence-corrected chi connectivity index (χ0v) is 14.9. The second-order valence-electron chi connectivity index (χ2n) is 5.97. The number of carbonyl (C=O) groups excluding carboxylic acids is 2. The molecule has 3 aromatic rings. The van der Waals surface area contributed by atoms with E-state index in [2.05, 4.69) is 5.32 Å². The van der Waals surface area contributed by atoms with Crippen LogP contribution in [-0.4, -0.2) is 16.6 Å². The molecule has 28 heavy (non-hydrogen) atoms. The first kappa shape index (κ1) is 18.8. The van der Waals surface area contributed by atoms with Crippen LogP contribution in [0, 0.1) is 10.1 Å². The molecular weight excluding hydrogens is 360 g/mol. The van der Waals surface area contributed by atoms with Crippen LogP contribution in [0.4, 0.5) is 11.4 Å². The largest absolute Gasteiger partial charge is 0.457 e. The van der Waals surface area contributed by atoms with Crippen molar-refractivity contribution in [3.8, 4) is 11.5 Å². The molecule has 7 nitrogen and oxygen atoms in total. The van der Waals surface area contributed by atoms with Crippen molar-refractivity contribution < 1.29 is 19.2 Å². The number of nitro benzene ring substituents is 1. The molecule has 7 heteroatoms. The lowest BCUT2D eigenvalue weighted by atomic mass is 10.1. The van der Waals surface area contributed by atoms with Gasteiger partial charge in [0.05, 0.1) is 4.92 Å². The van der Waals surface area contributed by atoms with Gasteiger partial charge in [-0.1, -0.05) is 0 Å². The van der Waals surface area contributed by atoms with E-state index in [4.69, 9.17) is 4.74 Å². The summed E-state index contributed by atoms with van der Waals surface area (Å²) in [4.78, 5) is 33.8. The highest BCUT2D eigenvalue weighted by Crippen LogP contribution is 2.24. The number of ether oxygens (including phenoxy) is 1. The average molecular weight is 376 g/mol. The van der Waals surface area contributed by atoms with Crippen molar-refractivity contribution in [1.82, 2.24) is 0 Å². The van der Waals surface area contributed by atoms with Gasteiger partial charge in [-0.2, -0.15) is 0 Å². The first-order valence-corrected chi connectivity index (χ1v) is 8.37. The normalized spacial score (nSPS) is 10.2. The number of anilines is 1. The van der Waals surface area contributed by atoms with Crippen molar-refractivity contribution in [2.24, 2.45) is 0 Å². The number of hydrogen-bond donors (Lipinski definition) is 1. The van der Waals surface area contributed by atoms with Crippen LogP contribution in [0.5, 0.6) is 11.5 Å². The van der Waals surface area contributed by atoms with E-state index in [1.165, 1.54) is 31.2 Å². The third kappa shape index (κ3) is 4.59. The molecule has 0 spiro atoms. The van der Waals surface area contributed by atoms with E-state index in [0.29, 0.717) is 28.3 Å². The second kappa shape index (κ2) is 8.13. The van der Waals surface area contributed by atoms with Crippen molar-refractivity contribution in [2.75, 3.05) is 5.32 Å². The molecule has 0 saturated carbocycles. The number of non-ortho nitro benzene ring substituents is 1. The third-order valence-corrected chi connectivity index (χ3v) is 3.95. The van der Waals surface area contributed by atoms with Crippen LogP contribution in [0.25, 0.3) is 0 Å². The maximum Gasteiger partial charge on any atom is 0.269 e. The van der Waals surface area contributed by atoms with Crippen LogP contribution in [-0.2, 0) is 0 Å². The van der Waals surface area contributed by atoms with Gasteiger partial charge in [0.2, 0.25) is 0 Å². The molecule has 0 unspecified atom stereocenters. The van der Waals surface area contributed by atoms with Gasteiger partial charge in [-0.05, 0) is 67.6 Å². The predicted molar refractivity (Wildman–Crippen MR) is 104 cm³/mol. The van der Waals surface area contributed by atoms with Crippen LogP contribution in [0.1, 0.15) is 27.6 Å². The highest BCUT2D eigenvalue weighted by Gasteiger charge is 2.08. The van der Waals surface area contributed by atoms with Gasteiger partial charge in [-0.15, -0.1) is 0 Å². The quantitative estimate of drug-likeness (QED) is 0.377. The van der Waals surface area contributed by atoms with Crippen molar-refractivity contribution in [3.05, 3.63) is 94.0 Å². The van der Waals surface area contributed by atoms with Crippen molar-refractivity contribution >= 4 is 23.1 Å². The van der Waals surface area contributed by atoms with Gasteiger partial charge >= 0.3 is 0 Å². The number of ketones is 1. The number of nitrogens with one attached hydrogen (secondary N) is 1. The summed E-state index contributed by atoms with van der Waals surface area (Å²) in [5, 5.41) is 13.4. The molecule has 0 radical (unpaired) electrons. The molecule has 1 N–H and O–H groups in total. The lowest BCUT2D eigenvalue weighted by Gasteiger charge is -2.08. The summed E-state index contributed by atoms with van der Waals surface area (Å²) in [6.45, 7) is 1.48. The minimum absolute atomic E-state index is 0.0179. The lowest BCUT2D eigenvalue weighted by molar-refractivity contribution is -0.384. The first-order valence-electron chi connectivity index (χ1n) is 8.37. The fraction of sp³-hybridized carbons (Fsp3) is 0.0476. The molecule has 0 atom stereocenters. The molecular formula is C21H16N2O5. The molecule has 0 bridgehead atoms. The Bertz CT molecular complexity index is 1010. The Balaban J connectivity index is 1.63. The summed E-state index contributed by atoms with van der Waals surface area (Å²) >= 11 is 0. The van der Waals surface area contributed by atoms with Gasteiger partial charge in [0.25, 0.3) is 11.6 Å². The van der Waals surface area contributed by atoms with E-state index in [0.717, 1.165) is 0 Å². The highest BCUT2D eigenvalue weighted by atomic mass is 16.6. The Morgan fingerprint density at radius 1 is 0.821 bits per heavy atom. The predicted octanol–water partition coefficient (Wildman–Crippen LogP) is 4.84. The topological polar surface area (TPSA) is 98.5 Å². The van der Waals surface area contributed by atoms with E-state index in [1.807, 2.05) is 0 Å². The molecule has 0 aliphatic carbocycles. The molecule has 0 saturated heterocycles. The van der Waals surface area contributed by atoms with Crippen LogP contribution in [0.3, 0.4) is 0 Å². The number of nitrogens with zero attached hydrogens (tertiary/aromatic N) is 1. The minimum Gasteiger partial charge on any atom is -0.457 e.